The van der Waals surface area contributed by atoms with Crippen LogP contribution in [-0.4, -0.2) is 43.5 Å². The third-order valence-corrected chi connectivity index (χ3v) is 7.02. The highest BCUT2D eigenvalue weighted by Crippen LogP contribution is 2.30. The molecule has 3 amide bonds. The summed E-state index contributed by atoms with van der Waals surface area (Å²) in [4.78, 5) is 37.2. The molecule has 0 bridgehead atoms. The molecule has 188 valence electrons. The van der Waals surface area contributed by atoms with Crippen LogP contribution in [0.5, 0.6) is 0 Å². The first-order valence-electron chi connectivity index (χ1n) is 12.6. The Kier molecular flexibility index (Phi) is 7.67. The minimum atomic E-state index is -0.287. The number of nitrogens with one attached hydrogen (secondary N) is 2. The van der Waals surface area contributed by atoms with Crippen LogP contribution in [0, 0.1) is 5.92 Å². The van der Waals surface area contributed by atoms with Crippen molar-refractivity contribution in [3.8, 4) is 0 Å². The quantitative estimate of drug-likeness (QED) is 0.312. The minimum Gasteiger partial charge on any atom is -0.382 e. The molecule has 6 N–H and O–H groups in total. The van der Waals surface area contributed by atoms with Crippen molar-refractivity contribution in [2.45, 2.75) is 83.8 Å². The molecule has 4 heterocycles. The highest BCUT2D eigenvalue weighted by atomic mass is 16.2. The molecule has 0 spiro atoms. The monoisotopic (exact) mass is 480 g/mol. The van der Waals surface area contributed by atoms with Gasteiger partial charge < -0.3 is 26.7 Å². The van der Waals surface area contributed by atoms with Gasteiger partial charge in [0.2, 0.25) is 5.91 Å². The Morgan fingerprint density at radius 2 is 2.03 bits per heavy atom. The number of primary amides is 1. The molecule has 10 nitrogen and oxygen atoms in total. The number of nitrogens with two attached hydrogens (primary N) is 2. The largest absolute Gasteiger partial charge is 0.382 e. The highest BCUT2D eigenvalue weighted by molar-refractivity contribution is 6.04. The van der Waals surface area contributed by atoms with Crippen molar-refractivity contribution in [1.29, 1.82) is 0 Å². The molecule has 3 aromatic rings. The molecule has 1 saturated heterocycles. The van der Waals surface area contributed by atoms with Crippen LogP contribution < -0.4 is 22.1 Å². The number of fused-ring (bicyclic) bond motifs is 3. The summed E-state index contributed by atoms with van der Waals surface area (Å²) in [6, 6.07) is 3.84. The summed E-state index contributed by atoms with van der Waals surface area (Å²) in [5.74, 6) is 1.40. The standard InChI is InChI=1S/C25H36N8O2/c1-3-4-7-20-32-22-23(21-18(30-24(22)27)6-5-13-28-21)33(20)14-12-16(9-11-19(26)34)8-10-17-15(2)29-25(35)31-17/h5-6,13,15-17H,3-4,7-12,14H2,1-2H3,(H2,26,34)(H2,27,30)(H2,29,31,35). The van der Waals surface area contributed by atoms with Gasteiger partial charge in [-0.2, -0.15) is 0 Å². The van der Waals surface area contributed by atoms with E-state index in [1.807, 2.05) is 19.1 Å². The van der Waals surface area contributed by atoms with Crippen molar-refractivity contribution in [2.24, 2.45) is 11.7 Å². The number of nitrogen functional groups attached to an aromatic ring is 1. The number of hydrogen-bond acceptors (Lipinski definition) is 6. The molecule has 1 aliphatic heterocycles. The van der Waals surface area contributed by atoms with Gasteiger partial charge in [0.1, 0.15) is 22.4 Å². The first kappa shape index (κ1) is 24.7. The molecule has 4 rings (SSSR count). The van der Waals surface area contributed by atoms with Crippen molar-refractivity contribution in [3.63, 3.8) is 0 Å². The topological polar surface area (TPSA) is 154 Å². The van der Waals surface area contributed by atoms with Crippen LogP contribution in [0.4, 0.5) is 10.6 Å². The molecule has 3 unspecified atom stereocenters. The Morgan fingerprint density at radius 3 is 2.74 bits per heavy atom. The zero-order valence-corrected chi connectivity index (χ0v) is 20.6. The number of urea groups is 1. The molecule has 0 radical (unpaired) electrons. The fourth-order valence-corrected chi connectivity index (χ4v) is 5.01. The van der Waals surface area contributed by atoms with E-state index in [1.165, 1.54) is 0 Å². The smallest absolute Gasteiger partial charge is 0.315 e. The molecule has 0 saturated carbocycles. The molecule has 3 atom stereocenters. The number of unbranched alkanes of at least 4 members (excludes halogenated alkanes) is 1. The number of anilines is 1. The molecule has 0 aliphatic carbocycles. The average Bonchev–Trinajstić information content (AvgIpc) is 3.36. The third kappa shape index (κ3) is 5.63. The number of carbonyl (C=O) groups excluding carboxylic acids is 2. The van der Waals surface area contributed by atoms with Gasteiger partial charge in [0.25, 0.3) is 0 Å². The molecular weight excluding hydrogens is 444 g/mol. The summed E-state index contributed by atoms with van der Waals surface area (Å²) in [5.41, 5.74) is 15.0. The van der Waals surface area contributed by atoms with Gasteiger partial charge in [-0.25, -0.2) is 14.8 Å². The first-order chi connectivity index (χ1) is 16.9. The Balaban J connectivity index is 1.60. The van der Waals surface area contributed by atoms with E-state index in [0.717, 1.165) is 73.9 Å². The molecule has 0 aromatic carbocycles. The zero-order valence-electron chi connectivity index (χ0n) is 20.6. The second kappa shape index (κ2) is 10.9. The average molecular weight is 481 g/mol. The summed E-state index contributed by atoms with van der Waals surface area (Å²) >= 11 is 0. The highest BCUT2D eigenvalue weighted by Gasteiger charge is 2.28. The van der Waals surface area contributed by atoms with Gasteiger partial charge in [-0.1, -0.05) is 13.3 Å². The van der Waals surface area contributed by atoms with Crippen molar-refractivity contribution < 1.29 is 9.59 Å². The number of aryl methyl sites for hydroxylation is 2. The van der Waals surface area contributed by atoms with Crippen LogP contribution in [0.1, 0.15) is 64.6 Å². The van der Waals surface area contributed by atoms with Crippen LogP contribution in [-0.2, 0) is 17.8 Å². The SMILES string of the molecule is CCCCc1nc2c(N)nc3cccnc3c2n1CCC(CCC(N)=O)CCC1NC(=O)NC1C. The number of imidazole rings is 1. The summed E-state index contributed by atoms with van der Waals surface area (Å²) in [5, 5.41) is 5.89. The third-order valence-electron chi connectivity index (χ3n) is 7.02. The van der Waals surface area contributed by atoms with Crippen LogP contribution in [0.2, 0.25) is 0 Å². The molecule has 1 fully saturated rings. The van der Waals surface area contributed by atoms with E-state index in [2.05, 4.69) is 32.1 Å². The fourth-order valence-electron chi connectivity index (χ4n) is 5.01. The number of carbonyl (C=O) groups is 2. The molecular formula is C25H36N8O2. The number of hydrogen-bond donors (Lipinski definition) is 4. The lowest BCUT2D eigenvalue weighted by molar-refractivity contribution is -0.118. The summed E-state index contributed by atoms with van der Waals surface area (Å²) < 4.78 is 2.25. The van der Waals surface area contributed by atoms with E-state index in [9.17, 15) is 9.59 Å². The van der Waals surface area contributed by atoms with Gasteiger partial charge in [-0.05, 0) is 57.1 Å². The fraction of sp³-hybridized carbons (Fsp3) is 0.560. The summed E-state index contributed by atoms with van der Waals surface area (Å²) in [6.45, 7) is 4.91. The van der Waals surface area contributed by atoms with Gasteiger partial charge in [-0.3, -0.25) is 9.78 Å². The molecule has 3 aromatic heterocycles. The Hall–Kier alpha value is -3.43. The van der Waals surface area contributed by atoms with Gasteiger partial charge in [-0.15, -0.1) is 0 Å². The van der Waals surface area contributed by atoms with Gasteiger partial charge >= 0.3 is 6.03 Å². The number of rotatable bonds is 12. The maximum Gasteiger partial charge on any atom is 0.315 e. The van der Waals surface area contributed by atoms with Crippen molar-refractivity contribution in [3.05, 3.63) is 24.2 Å². The Labute approximate surface area is 205 Å². The lowest BCUT2D eigenvalue weighted by Crippen LogP contribution is -2.31. The normalized spacial score (nSPS) is 18.6. The molecule has 1 aliphatic rings. The Morgan fingerprint density at radius 1 is 1.20 bits per heavy atom. The van der Waals surface area contributed by atoms with E-state index in [0.29, 0.717) is 17.8 Å². The summed E-state index contributed by atoms with van der Waals surface area (Å²) in [6.07, 6.45) is 8.38. The summed E-state index contributed by atoms with van der Waals surface area (Å²) in [7, 11) is 0. The van der Waals surface area contributed by atoms with E-state index in [4.69, 9.17) is 16.5 Å². The predicted molar refractivity (Wildman–Crippen MR) is 137 cm³/mol. The maximum absolute atomic E-state index is 11.7. The second-order valence-corrected chi connectivity index (χ2v) is 9.60. The van der Waals surface area contributed by atoms with Gasteiger partial charge in [0.05, 0.1) is 11.6 Å². The van der Waals surface area contributed by atoms with E-state index in [1.54, 1.807) is 6.20 Å². The Bertz CT molecular complexity index is 1210. The van der Waals surface area contributed by atoms with E-state index in [-0.39, 0.29) is 29.9 Å². The predicted octanol–water partition coefficient (Wildman–Crippen LogP) is 3.03. The number of pyridine rings is 2. The van der Waals surface area contributed by atoms with Crippen molar-refractivity contribution in [2.75, 3.05) is 5.73 Å². The van der Waals surface area contributed by atoms with Crippen LogP contribution >= 0.6 is 0 Å². The van der Waals surface area contributed by atoms with Crippen LogP contribution in [0.3, 0.4) is 0 Å². The van der Waals surface area contributed by atoms with Crippen LogP contribution in [0.25, 0.3) is 22.1 Å². The van der Waals surface area contributed by atoms with Crippen molar-refractivity contribution >= 4 is 39.8 Å². The van der Waals surface area contributed by atoms with Gasteiger partial charge in [0.15, 0.2) is 5.82 Å². The van der Waals surface area contributed by atoms with Gasteiger partial charge in [0, 0.05) is 31.6 Å². The number of aromatic nitrogens is 4. The lowest BCUT2D eigenvalue weighted by Gasteiger charge is -2.21. The van der Waals surface area contributed by atoms with E-state index < -0.39 is 0 Å². The van der Waals surface area contributed by atoms with E-state index >= 15 is 0 Å². The maximum atomic E-state index is 11.7. The lowest BCUT2D eigenvalue weighted by atomic mass is 9.91. The van der Waals surface area contributed by atoms with Crippen LogP contribution in [0.15, 0.2) is 18.3 Å². The molecule has 10 heteroatoms. The zero-order chi connectivity index (χ0) is 24.9. The second-order valence-electron chi connectivity index (χ2n) is 9.60. The number of amides is 3. The minimum absolute atomic E-state index is 0.0884. The first-order valence-corrected chi connectivity index (χ1v) is 12.6. The van der Waals surface area contributed by atoms with Crippen molar-refractivity contribution in [1.82, 2.24) is 30.2 Å². The number of nitrogens with zero attached hydrogens (tertiary/aromatic N) is 4. The molecule has 35 heavy (non-hydrogen) atoms.